The molecule has 0 fully saturated rings. The van der Waals surface area contributed by atoms with Crippen molar-refractivity contribution < 1.29 is 13.2 Å². The van der Waals surface area contributed by atoms with E-state index in [0.29, 0.717) is 22.8 Å². The molecule has 4 nitrogen and oxygen atoms in total. The van der Waals surface area contributed by atoms with E-state index >= 15 is 0 Å². The van der Waals surface area contributed by atoms with Crippen LogP contribution < -0.4 is 0 Å². The summed E-state index contributed by atoms with van der Waals surface area (Å²) < 4.78 is 26.6. The molecule has 21 heavy (non-hydrogen) atoms. The van der Waals surface area contributed by atoms with E-state index in [0.717, 1.165) is 9.54 Å². The molecule has 0 spiro atoms. The summed E-state index contributed by atoms with van der Waals surface area (Å²) in [7, 11) is -3.73. The Bertz CT molecular complexity index is 922. The molecule has 0 saturated carbocycles. The highest BCUT2D eigenvalue weighted by atomic mass is 32.2. The molecule has 0 amide bonds. The van der Waals surface area contributed by atoms with Crippen molar-refractivity contribution in [2.24, 2.45) is 0 Å². The summed E-state index contributed by atoms with van der Waals surface area (Å²) in [6.07, 6.45) is 1.98. The minimum Gasteiger partial charge on any atom is -0.298 e. The van der Waals surface area contributed by atoms with Crippen LogP contribution in [-0.2, 0) is 10.0 Å². The molecule has 0 aliphatic heterocycles. The number of aldehydes is 1. The van der Waals surface area contributed by atoms with Gasteiger partial charge in [0.05, 0.1) is 10.4 Å². The first-order valence-corrected chi connectivity index (χ1v) is 7.77. The lowest BCUT2D eigenvalue weighted by atomic mass is 10.2. The number of aryl methyl sites for hydroxylation is 1. The van der Waals surface area contributed by atoms with Gasteiger partial charge in [0.25, 0.3) is 10.0 Å². The summed E-state index contributed by atoms with van der Waals surface area (Å²) in [4.78, 5) is 11.3. The maximum atomic E-state index is 12.7. The second-order valence-corrected chi connectivity index (χ2v) is 6.56. The number of carbonyl (C=O) groups is 1. The van der Waals surface area contributed by atoms with Gasteiger partial charge in [-0.05, 0) is 31.2 Å². The molecule has 1 heterocycles. The topological polar surface area (TPSA) is 56.1 Å². The van der Waals surface area contributed by atoms with Crippen molar-refractivity contribution in [3.63, 3.8) is 0 Å². The first-order valence-electron chi connectivity index (χ1n) is 6.33. The predicted octanol–water partition coefficient (Wildman–Crippen LogP) is 2.80. The fourth-order valence-electron chi connectivity index (χ4n) is 2.22. The van der Waals surface area contributed by atoms with Crippen molar-refractivity contribution in [1.82, 2.24) is 3.97 Å². The van der Waals surface area contributed by atoms with Crippen LogP contribution in [0.15, 0.2) is 53.6 Å². The molecule has 0 unspecified atom stereocenters. The van der Waals surface area contributed by atoms with Gasteiger partial charge in [0.2, 0.25) is 0 Å². The molecule has 2 aromatic carbocycles. The van der Waals surface area contributed by atoms with Crippen molar-refractivity contribution in [2.75, 3.05) is 0 Å². The van der Waals surface area contributed by atoms with E-state index < -0.39 is 10.0 Å². The number of hydrogen-bond acceptors (Lipinski definition) is 3. The Labute approximate surface area is 122 Å². The molecule has 0 aliphatic rings. The molecular formula is C16H12NO3S. The lowest BCUT2D eigenvalue weighted by Crippen LogP contribution is -2.11. The number of aromatic nitrogens is 1. The van der Waals surface area contributed by atoms with Gasteiger partial charge >= 0.3 is 0 Å². The maximum Gasteiger partial charge on any atom is 0.268 e. The lowest BCUT2D eigenvalue weighted by Gasteiger charge is -2.07. The smallest absolute Gasteiger partial charge is 0.268 e. The summed E-state index contributed by atoms with van der Waals surface area (Å²) in [6, 6.07) is 14.5. The number of hydrogen-bond donors (Lipinski definition) is 0. The Hall–Kier alpha value is -2.40. The zero-order valence-electron chi connectivity index (χ0n) is 11.3. The average Bonchev–Trinajstić information content (AvgIpc) is 2.87. The van der Waals surface area contributed by atoms with Crippen molar-refractivity contribution in [3.05, 3.63) is 65.9 Å². The minimum atomic E-state index is -3.73. The second-order valence-electron chi connectivity index (χ2n) is 4.75. The molecule has 0 saturated heterocycles. The molecule has 0 N–H and O–H groups in total. The van der Waals surface area contributed by atoms with Crippen LogP contribution in [0.5, 0.6) is 0 Å². The summed E-state index contributed by atoms with van der Waals surface area (Å²) in [5.74, 6) is 0. The van der Waals surface area contributed by atoms with Crippen LogP contribution >= 0.6 is 0 Å². The van der Waals surface area contributed by atoms with Gasteiger partial charge in [-0.2, -0.15) is 0 Å². The first kappa shape index (κ1) is 13.6. The highest BCUT2D eigenvalue weighted by molar-refractivity contribution is 7.90. The van der Waals surface area contributed by atoms with Crippen molar-refractivity contribution in [3.8, 4) is 0 Å². The Kier molecular flexibility index (Phi) is 3.14. The lowest BCUT2D eigenvalue weighted by molar-refractivity contribution is 0.112. The number of fused-ring (bicyclic) bond motifs is 1. The number of carbonyl (C=O) groups excluding carboxylic acids is 1. The molecular weight excluding hydrogens is 286 g/mol. The molecule has 105 valence electrons. The highest BCUT2D eigenvalue weighted by Gasteiger charge is 2.20. The van der Waals surface area contributed by atoms with Crippen LogP contribution in [0.1, 0.15) is 15.9 Å². The Morgan fingerprint density at radius 1 is 1.14 bits per heavy atom. The minimum absolute atomic E-state index is 0.186. The summed E-state index contributed by atoms with van der Waals surface area (Å²) in [5.41, 5.74) is 1.73. The van der Waals surface area contributed by atoms with Crippen LogP contribution in [0.4, 0.5) is 0 Å². The molecule has 1 aromatic heterocycles. The van der Waals surface area contributed by atoms with Gasteiger partial charge in [0.15, 0.2) is 6.29 Å². The number of rotatable bonds is 3. The van der Waals surface area contributed by atoms with E-state index in [-0.39, 0.29) is 4.90 Å². The van der Waals surface area contributed by atoms with Crippen LogP contribution in [0.3, 0.4) is 0 Å². The Morgan fingerprint density at radius 2 is 1.86 bits per heavy atom. The van der Waals surface area contributed by atoms with Gasteiger partial charge in [0.1, 0.15) is 0 Å². The van der Waals surface area contributed by atoms with Crippen LogP contribution in [-0.4, -0.2) is 18.7 Å². The van der Waals surface area contributed by atoms with Gasteiger partial charge < -0.3 is 0 Å². The highest BCUT2D eigenvalue weighted by Crippen LogP contribution is 2.24. The Morgan fingerprint density at radius 3 is 2.52 bits per heavy atom. The zero-order valence-corrected chi connectivity index (χ0v) is 12.1. The van der Waals surface area contributed by atoms with E-state index in [9.17, 15) is 13.2 Å². The standard InChI is InChI=1S/C16H12NO3S/c1-12-6-8-14(9-7-12)21(19,20)17-10-13(11-18)15-4-2-3-5-16(15)17/h2-3,5-11H,1H3. The monoisotopic (exact) mass is 298 g/mol. The molecule has 0 atom stereocenters. The second kappa shape index (κ2) is 4.86. The zero-order chi connectivity index (χ0) is 15.0. The summed E-state index contributed by atoms with van der Waals surface area (Å²) >= 11 is 0. The summed E-state index contributed by atoms with van der Waals surface area (Å²) in [6.45, 7) is 1.89. The molecule has 3 aromatic rings. The molecule has 0 bridgehead atoms. The first-order chi connectivity index (χ1) is 10.0. The number of nitrogens with zero attached hydrogens (tertiary/aromatic N) is 1. The van der Waals surface area contributed by atoms with E-state index in [1.165, 1.54) is 6.20 Å². The third-order valence-electron chi connectivity index (χ3n) is 3.32. The fraction of sp³-hybridized carbons (Fsp3) is 0.0625. The van der Waals surface area contributed by atoms with E-state index in [4.69, 9.17) is 0 Å². The third-order valence-corrected chi connectivity index (χ3v) is 5.01. The fourth-order valence-corrected chi connectivity index (χ4v) is 3.59. The van der Waals surface area contributed by atoms with Crippen LogP contribution in [0.2, 0.25) is 0 Å². The van der Waals surface area contributed by atoms with Crippen molar-refractivity contribution in [1.29, 1.82) is 0 Å². The van der Waals surface area contributed by atoms with E-state index in [1.54, 1.807) is 42.5 Å². The maximum absolute atomic E-state index is 12.7. The molecule has 5 heteroatoms. The quantitative estimate of drug-likeness (QED) is 0.699. The molecule has 0 aliphatic carbocycles. The van der Waals surface area contributed by atoms with Gasteiger partial charge in [-0.3, -0.25) is 4.79 Å². The van der Waals surface area contributed by atoms with Gasteiger partial charge in [-0.1, -0.05) is 29.8 Å². The molecule has 1 radical (unpaired) electrons. The normalized spacial score (nSPS) is 11.7. The predicted molar refractivity (Wildman–Crippen MR) is 79.9 cm³/mol. The Balaban J connectivity index is 2.29. The van der Waals surface area contributed by atoms with E-state index in [2.05, 4.69) is 6.07 Å². The molecule has 3 rings (SSSR count). The van der Waals surface area contributed by atoms with E-state index in [1.807, 2.05) is 6.92 Å². The van der Waals surface area contributed by atoms with Crippen molar-refractivity contribution >= 4 is 27.2 Å². The van der Waals surface area contributed by atoms with Crippen LogP contribution in [0.25, 0.3) is 10.9 Å². The SMILES string of the molecule is Cc1ccc(S(=O)(=O)n2cc(C=O)c3[c]cccc32)cc1. The summed E-state index contributed by atoms with van der Waals surface area (Å²) in [5, 5.41) is 0.503. The largest absolute Gasteiger partial charge is 0.298 e. The third kappa shape index (κ3) is 2.15. The average molecular weight is 298 g/mol. The van der Waals surface area contributed by atoms with Crippen LogP contribution in [0, 0.1) is 13.0 Å². The van der Waals surface area contributed by atoms with Crippen molar-refractivity contribution in [2.45, 2.75) is 11.8 Å². The number of benzene rings is 2. The van der Waals surface area contributed by atoms with Gasteiger partial charge in [-0.15, -0.1) is 0 Å². The van der Waals surface area contributed by atoms with Gasteiger partial charge in [-0.25, -0.2) is 12.4 Å². The van der Waals surface area contributed by atoms with Gasteiger partial charge in [0, 0.05) is 17.1 Å².